The fourth-order valence-corrected chi connectivity index (χ4v) is 3.85. The van der Waals surface area contributed by atoms with E-state index in [4.69, 9.17) is 16.3 Å². The minimum atomic E-state index is -0.191. The molecule has 0 bridgehead atoms. The van der Waals surface area contributed by atoms with Crippen molar-refractivity contribution < 1.29 is 9.53 Å². The van der Waals surface area contributed by atoms with Gasteiger partial charge in [-0.1, -0.05) is 35.9 Å². The molecule has 1 saturated heterocycles. The van der Waals surface area contributed by atoms with E-state index in [1.807, 2.05) is 55.5 Å². The van der Waals surface area contributed by atoms with Gasteiger partial charge in [0.05, 0.1) is 24.2 Å². The third-order valence-electron chi connectivity index (χ3n) is 5.20. The molecule has 2 aromatic carbocycles. The summed E-state index contributed by atoms with van der Waals surface area (Å²) >= 11 is 5.96. The second-order valence-corrected chi connectivity index (χ2v) is 7.29. The van der Waals surface area contributed by atoms with E-state index in [1.54, 1.807) is 14.0 Å². The molecule has 1 amide bonds. The Hall–Kier alpha value is -2.57. The molecule has 2 heterocycles. The maximum atomic E-state index is 13.0. The molecular weight excluding hydrogens is 378 g/mol. The van der Waals surface area contributed by atoms with Gasteiger partial charge < -0.3 is 9.64 Å². The van der Waals surface area contributed by atoms with E-state index >= 15 is 0 Å². The van der Waals surface area contributed by atoms with Gasteiger partial charge in [0.2, 0.25) is 5.91 Å². The van der Waals surface area contributed by atoms with Gasteiger partial charge in [0.15, 0.2) is 0 Å². The van der Waals surface area contributed by atoms with Gasteiger partial charge in [-0.25, -0.2) is 4.79 Å². The van der Waals surface area contributed by atoms with Crippen LogP contribution in [0.3, 0.4) is 0 Å². The summed E-state index contributed by atoms with van der Waals surface area (Å²) in [7, 11) is 0. The molecule has 4 rings (SSSR count). The maximum absolute atomic E-state index is 13.0. The van der Waals surface area contributed by atoms with Crippen molar-refractivity contribution in [3.63, 3.8) is 0 Å². The fraction of sp³-hybridized carbons (Fsp3) is 0.333. The molecule has 1 aromatic heterocycles. The van der Waals surface area contributed by atoms with E-state index < -0.39 is 0 Å². The Kier molecular flexibility index (Phi) is 5.24. The number of para-hydroxylation sites is 2. The quantitative estimate of drug-likeness (QED) is 0.677. The van der Waals surface area contributed by atoms with Crippen LogP contribution in [-0.4, -0.2) is 39.6 Å². The first kappa shape index (κ1) is 18.8. The predicted octanol–water partition coefficient (Wildman–Crippen LogP) is 3.08. The minimum Gasteiger partial charge on any atom is -0.370 e. The van der Waals surface area contributed by atoms with Crippen LogP contribution in [0.2, 0.25) is 5.02 Å². The molecule has 0 radical (unpaired) electrons. The molecular formula is C21H22ClN3O3. The van der Waals surface area contributed by atoms with Crippen LogP contribution in [0.25, 0.3) is 11.0 Å². The van der Waals surface area contributed by atoms with Gasteiger partial charge in [-0.2, -0.15) is 0 Å². The summed E-state index contributed by atoms with van der Waals surface area (Å²) in [6.07, 6.45) is -0.191. The topological polar surface area (TPSA) is 56.5 Å². The number of halogens is 1. The van der Waals surface area contributed by atoms with Crippen LogP contribution < -0.4 is 5.69 Å². The Morgan fingerprint density at radius 2 is 1.79 bits per heavy atom. The highest BCUT2D eigenvalue weighted by molar-refractivity contribution is 6.30. The van der Waals surface area contributed by atoms with Crippen LogP contribution in [0.15, 0.2) is 53.3 Å². The number of rotatable bonds is 4. The summed E-state index contributed by atoms with van der Waals surface area (Å²) in [5.74, 6) is -0.0802. The Morgan fingerprint density at radius 3 is 2.46 bits per heavy atom. The zero-order valence-corrected chi connectivity index (χ0v) is 16.4. The monoisotopic (exact) mass is 399 g/mol. The number of morpholine rings is 1. The second-order valence-electron chi connectivity index (χ2n) is 6.85. The minimum absolute atomic E-state index is 0.0275. The normalized spacial score (nSPS) is 17.2. The van der Waals surface area contributed by atoms with Crippen molar-refractivity contribution in [2.45, 2.75) is 26.1 Å². The number of amides is 1. The Bertz CT molecular complexity index is 1050. The Balaban J connectivity index is 1.55. The molecule has 1 unspecified atom stereocenters. The number of hydrogen-bond acceptors (Lipinski definition) is 3. The molecule has 28 heavy (non-hydrogen) atoms. The second kappa shape index (κ2) is 7.81. The van der Waals surface area contributed by atoms with E-state index in [0.29, 0.717) is 31.3 Å². The van der Waals surface area contributed by atoms with Crippen molar-refractivity contribution in [2.24, 2.45) is 0 Å². The van der Waals surface area contributed by atoms with Crippen LogP contribution >= 0.6 is 11.6 Å². The highest BCUT2D eigenvalue weighted by Crippen LogP contribution is 2.24. The van der Waals surface area contributed by atoms with Crippen LogP contribution in [-0.2, 0) is 22.6 Å². The third-order valence-corrected chi connectivity index (χ3v) is 5.45. The van der Waals surface area contributed by atoms with Gasteiger partial charge in [-0.05, 0) is 36.8 Å². The molecule has 3 aromatic rings. The largest absolute Gasteiger partial charge is 0.370 e. The summed E-state index contributed by atoms with van der Waals surface area (Å²) in [5.41, 5.74) is 2.47. The number of benzene rings is 2. The van der Waals surface area contributed by atoms with Gasteiger partial charge >= 0.3 is 5.69 Å². The van der Waals surface area contributed by atoms with Crippen molar-refractivity contribution in [1.29, 1.82) is 0 Å². The van der Waals surface area contributed by atoms with Crippen molar-refractivity contribution >= 4 is 28.5 Å². The van der Waals surface area contributed by atoms with Crippen molar-refractivity contribution in [2.75, 3.05) is 19.7 Å². The number of imidazole rings is 1. The number of aryl methyl sites for hydroxylation is 1. The molecule has 0 aliphatic carbocycles. The number of carbonyl (C=O) groups excluding carboxylic acids is 1. The first-order chi connectivity index (χ1) is 13.6. The molecule has 6 nitrogen and oxygen atoms in total. The van der Waals surface area contributed by atoms with Gasteiger partial charge in [-0.3, -0.25) is 13.9 Å². The zero-order chi connectivity index (χ0) is 19.7. The van der Waals surface area contributed by atoms with E-state index in [9.17, 15) is 9.59 Å². The van der Waals surface area contributed by atoms with Gasteiger partial charge in [-0.15, -0.1) is 0 Å². The summed E-state index contributed by atoms with van der Waals surface area (Å²) in [6.45, 7) is 3.96. The summed E-state index contributed by atoms with van der Waals surface area (Å²) in [5, 5.41) is 0.666. The van der Waals surface area contributed by atoms with Crippen LogP contribution in [0.4, 0.5) is 0 Å². The summed E-state index contributed by atoms with van der Waals surface area (Å²) in [6, 6.07) is 15.0. The SMILES string of the molecule is CCn1c(=O)n(CC(=O)N2CCOC(c3ccc(Cl)cc3)C2)c2ccccc21. The first-order valence-corrected chi connectivity index (χ1v) is 9.79. The lowest BCUT2D eigenvalue weighted by atomic mass is 10.1. The number of fused-ring (bicyclic) bond motifs is 1. The lowest BCUT2D eigenvalue weighted by Crippen LogP contribution is -2.44. The fourth-order valence-electron chi connectivity index (χ4n) is 3.72. The lowest BCUT2D eigenvalue weighted by molar-refractivity contribution is -0.139. The predicted molar refractivity (Wildman–Crippen MR) is 109 cm³/mol. The number of nitrogens with zero attached hydrogens (tertiary/aromatic N) is 3. The standard InChI is InChI=1S/C21H22ClN3O3/c1-2-24-17-5-3-4-6-18(17)25(21(24)27)14-20(26)23-11-12-28-19(13-23)15-7-9-16(22)10-8-15/h3-10,19H,2,11-14H2,1H3. The summed E-state index contributed by atoms with van der Waals surface area (Å²) in [4.78, 5) is 27.5. The number of hydrogen-bond donors (Lipinski definition) is 0. The third kappa shape index (κ3) is 3.45. The number of aromatic nitrogens is 2. The molecule has 1 fully saturated rings. The molecule has 0 saturated carbocycles. The molecule has 1 atom stereocenters. The molecule has 7 heteroatoms. The lowest BCUT2D eigenvalue weighted by Gasteiger charge is -2.33. The highest BCUT2D eigenvalue weighted by Gasteiger charge is 2.26. The van der Waals surface area contributed by atoms with E-state index in [0.717, 1.165) is 16.6 Å². The average molecular weight is 400 g/mol. The van der Waals surface area contributed by atoms with Crippen molar-refractivity contribution in [3.8, 4) is 0 Å². The smallest absolute Gasteiger partial charge is 0.329 e. The van der Waals surface area contributed by atoms with Gasteiger partial charge in [0, 0.05) is 18.1 Å². The van der Waals surface area contributed by atoms with Gasteiger partial charge in [0.25, 0.3) is 0 Å². The van der Waals surface area contributed by atoms with Crippen LogP contribution in [0.1, 0.15) is 18.6 Å². The number of ether oxygens (including phenoxy) is 1. The molecule has 0 N–H and O–H groups in total. The van der Waals surface area contributed by atoms with E-state index in [2.05, 4.69) is 0 Å². The van der Waals surface area contributed by atoms with Crippen LogP contribution in [0.5, 0.6) is 0 Å². The molecule has 1 aliphatic heterocycles. The van der Waals surface area contributed by atoms with Crippen molar-refractivity contribution in [1.82, 2.24) is 14.0 Å². The van der Waals surface area contributed by atoms with E-state index in [-0.39, 0.29) is 24.2 Å². The van der Waals surface area contributed by atoms with Crippen LogP contribution in [0, 0.1) is 0 Å². The first-order valence-electron chi connectivity index (χ1n) is 9.41. The Labute approximate surface area is 167 Å². The van der Waals surface area contributed by atoms with Gasteiger partial charge in [0.1, 0.15) is 12.6 Å². The van der Waals surface area contributed by atoms with E-state index in [1.165, 1.54) is 0 Å². The highest BCUT2D eigenvalue weighted by atomic mass is 35.5. The maximum Gasteiger partial charge on any atom is 0.329 e. The van der Waals surface area contributed by atoms with Crippen molar-refractivity contribution in [3.05, 3.63) is 69.6 Å². The summed E-state index contributed by atoms with van der Waals surface area (Å²) < 4.78 is 9.10. The average Bonchev–Trinajstić information content (AvgIpc) is 2.99. The molecule has 0 spiro atoms. The molecule has 146 valence electrons. The molecule has 1 aliphatic rings. The number of carbonyl (C=O) groups is 1. The Morgan fingerprint density at radius 1 is 1.11 bits per heavy atom. The zero-order valence-electron chi connectivity index (χ0n) is 15.7.